The molecule has 0 amide bonds. The second-order valence-corrected chi connectivity index (χ2v) is 11.5. The van der Waals surface area contributed by atoms with Crippen molar-refractivity contribution in [2.75, 3.05) is 0 Å². The van der Waals surface area contributed by atoms with Gasteiger partial charge in [-0.25, -0.2) is 9.59 Å². The predicted molar refractivity (Wildman–Crippen MR) is 129 cm³/mol. The number of esters is 4. The summed E-state index contributed by atoms with van der Waals surface area (Å²) in [7, 11) is 0. The molecule has 4 fully saturated rings. The molecule has 2 N–H and O–H groups in total. The Bertz CT molecular complexity index is 933. The zero-order valence-electron chi connectivity index (χ0n) is 21.4. The quantitative estimate of drug-likeness (QED) is 0.343. The average molecular weight is 503 g/mol. The zero-order chi connectivity index (χ0) is 26.3. The SMILES string of the molecule is CC(O)C1CC2C=CC1C2.CC(O)C1CC2CC1C(C1C(=O)OC(=O)C1C)C2C.O=C1C=CC(=O)O1. The van der Waals surface area contributed by atoms with Gasteiger partial charge in [0.1, 0.15) is 0 Å². The van der Waals surface area contributed by atoms with Gasteiger partial charge in [0.25, 0.3) is 0 Å². The number of hydrogen-bond donors (Lipinski definition) is 2. The van der Waals surface area contributed by atoms with Gasteiger partial charge in [-0.3, -0.25) is 9.59 Å². The maximum Gasteiger partial charge on any atom is 0.338 e. The molecular weight excluding hydrogens is 464 g/mol. The second kappa shape index (κ2) is 10.6. The Kier molecular flexibility index (Phi) is 7.86. The third kappa shape index (κ3) is 5.21. The van der Waals surface area contributed by atoms with Gasteiger partial charge >= 0.3 is 23.9 Å². The van der Waals surface area contributed by atoms with Crippen LogP contribution in [0.2, 0.25) is 0 Å². The van der Waals surface area contributed by atoms with Crippen LogP contribution in [0.15, 0.2) is 24.3 Å². The van der Waals surface area contributed by atoms with Crippen LogP contribution in [-0.2, 0) is 28.7 Å². The lowest BCUT2D eigenvalue weighted by Crippen LogP contribution is -2.39. The third-order valence-electron chi connectivity index (χ3n) is 9.47. The molecule has 3 saturated carbocycles. The molecule has 0 radical (unpaired) electrons. The molecule has 4 aliphatic carbocycles. The van der Waals surface area contributed by atoms with Gasteiger partial charge in [0.2, 0.25) is 0 Å². The van der Waals surface area contributed by atoms with Crippen molar-refractivity contribution in [3.05, 3.63) is 24.3 Å². The van der Waals surface area contributed by atoms with Crippen LogP contribution in [0.3, 0.4) is 0 Å². The summed E-state index contributed by atoms with van der Waals surface area (Å²) in [6, 6.07) is 0. The van der Waals surface area contributed by atoms with E-state index in [9.17, 15) is 29.4 Å². The predicted octanol–water partition coefficient (Wildman–Crippen LogP) is 2.82. The lowest BCUT2D eigenvalue weighted by molar-refractivity contribution is -0.155. The van der Waals surface area contributed by atoms with E-state index in [4.69, 9.17) is 4.74 Å². The van der Waals surface area contributed by atoms with E-state index in [1.165, 1.54) is 12.8 Å². The van der Waals surface area contributed by atoms with Crippen molar-refractivity contribution in [1.29, 1.82) is 0 Å². The molecule has 4 bridgehead atoms. The Morgan fingerprint density at radius 1 is 0.806 bits per heavy atom. The van der Waals surface area contributed by atoms with Crippen LogP contribution in [-0.4, -0.2) is 46.3 Å². The van der Waals surface area contributed by atoms with Crippen LogP contribution in [0.25, 0.3) is 0 Å². The van der Waals surface area contributed by atoms with Gasteiger partial charge in [-0.2, -0.15) is 0 Å². The Hall–Kier alpha value is -2.32. The summed E-state index contributed by atoms with van der Waals surface area (Å²) in [6.45, 7) is 7.75. The first-order valence-electron chi connectivity index (χ1n) is 13.2. The Morgan fingerprint density at radius 2 is 1.44 bits per heavy atom. The number of aliphatic hydroxyl groups is 2. The van der Waals surface area contributed by atoms with E-state index < -0.39 is 11.9 Å². The van der Waals surface area contributed by atoms with Crippen molar-refractivity contribution in [2.24, 2.45) is 59.2 Å². The number of fused-ring (bicyclic) bond motifs is 4. The molecule has 0 aromatic carbocycles. The molecular formula is C28H38O8. The standard InChI is InChI=1S/C15H22O4.C9H14O.C4H2O3/c1-6-9-4-10(8(3)16)11(5-9)12(6)13-7(2)14(17)19-15(13)18;1-6(10)9-5-7-2-3-8(9)4-7;5-3-1-2-4(6)7-3/h6-13,16H,4-5H2,1-3H3;2-3,6-10H,4-5H2,1H3;1-2H. The zero-order valence-corrected chi connectivity index (χ0v) is 21.4. The Morgan fingerprint density at radius 3 is 1.81 bits per heavy atom. The van der Waals surface area contributed by atoms with Crippen LogP contribution >= 0.6 is 0 Å². The van der Waals surface area contributed by atoms with E-state index in [1.54, 1.807) is 6.92 Å². The number of hydrogen-bond acceptors (Lipinski definition) is 8. The Balaban J connectivity index is 0.000000148. The molecule has 0 aromatic heterocycles. The number of allylic oxidation sites excluding steroid dienone is 2. The molecule has 2 heterocycles. The lowest BCUT2D eigenvalue weighted by Gasteiger charge is -2.38. The molecule has 8 nitrogen and oxygen atoms in total. The van der Waals surface area contributed by atoms with Crippen LogP contribution < -0.4 is 0 Å². The Labute approximate surface area is 212 Å². The van der Waals surface area contributed by atoms with Gasteiger partial charge in [0.05, 0.1) is 24.0 Å². The molecule has 198 valence electrons. The molecule has 6 aliphatic rings. The third-order valence-corrected chi connectivity index (χ3v) is 9.47. The minimum atomic E-state index is -0.579. The topological polar surface area (TPSA) is 127 Å². The fourth-order valence-electron chi connectivity index (χ4n) is 7.65. The molecule has 36 heavy (non-hydrogen) atoms. The largest absolute Gasteiger partial charge is 0.393 e. The highest BCUT2D eigenvalue weighted by atomic mass is 16.6. The summed E-state index contributed by atoms with van der Waals surface area (Å²) in [5.74, 6) is 1.45. The summed E-state index contributed by atoms with van der Waals surface area (Å²) in [5.41, 5.74) is 0. The van der Waals surface area contributed by atoms with Crippen molar-refractivity contribution < 1.29 is 38.9 Å². The molecule has 6 rings (SSSR count). The van der Waals surface area contributed by atoms with Crippen molar-refractivity contribution in [2.45, 2.75) is 65.6 Å². The second-order valence-electron chi connectivity index (χ2n) is 11.5. The van der Waals surface area contributed by atoms with E-state index in [0.717, 1.165) is 30.9 Å². The van der Waals surface area contributed by atoms with Gasteiger partial charge < -0.3 is 19.7 Å². The summed E-state index contributed by atoms with van der Waals surface area (Å²) >= 11 is 0. The van der Waals surface area contributed by atoms with E-state index >= 15 is 0 Å². The van der Waals surface area contributed by atoms with Crippen molar-refractivity contribution in [3.8, 4) is 0 Å². The van der Waals surface area contributed by atoms with E-state index in [-0.39, 0.29) is 47.8 Å². The van der Waals surface area contributed by atoms with E-state index in [2.05, 4.69) is 23.8 Å². The van der Waals surface area contributed by atoms with Crippen molar-refractivity contribution in [1.82, 2.24) is 0 Å². The first-order chi connectivity index (χ1) is 17.0. The normalized spacial score (nSPS) is 43.1. The molecule has 8 heteroatoms. The number of cyclic esters (lactones) is 4. The van der Waals surface area contributed by atoms with Crippen molar-refractivity contribution >= 4 is 23.9 Å². The highest BCUT2D eigenvalue weighted by Crippen LogP contribution is 2.60. The van der Waals surface area contributed by atoms with Crippen LogP contribution in [0.1, 0.15) is 53.4 Å². The minimum Gasteiger partial charge on any atom is -0.393 e. The first kappa shape index (κ1) is 26.7. The van der Waals surface area contributed by atoms with Gasteiger partial charge in [-0.05, 0) is 86.9 Å². The average Bonchev–Trinajstić information content (AvgIpc) is 3.64. The molecule has 12 atom stereocenters. The lowest BCUT2D eigenvalue weighted by atomic mass is 9.65. The number of carbonyl (C=O) groups excluding carboxylic acids is 4. The molecule has 0 aromatic rings. The first-order valence-corrected chi connectivity index (χ1v) is 13.2. The smallest absolute Gasteiger partial charge is 0.338 e. The molecule has 12 unspecified atom stereocenters. The molecule has 0 spiro atoms. The van der Waals surface area contributed by atoms with Gasteiger partial charge in [-0.15, -0.1) is 0 Å². The molecule has 1 saturated heterocycles. The van der Waals surface area contributed by atoms with E-state index in [1.807, 2.05) is 13.8 Å². The summed E-state index contributed by atoms with van der Waals surface area (Å²) in [6.07, 6.45) is 11.0. The maximum absolute atomic E-state index is 12.0. The number of aliphatic hydroxyl groups excluding tert-OH is 2. The van der Waals surface area contributed by atoms with Crippen LogP contribution in [0.5, 0.6) is 0 Å². The number of ether oxygens (including phenoxy) is 2. The number of rotatable bonds is 3. The highest BCUT2D eigenvalue weighted by molar-refractivity contribution is 6.04. The summed E-state index contributed by atoms with van der Waals surface area (Å²) < 4.78 is 8.78. The van der Waals surface area contributed by atoms with E-state index in [0.29, 0.717) is 29.6 Å². The monoisotopic (exact) mass is 502 g/mol. The fraction of sp³-hybridized carbons (Fsp3) is 0.714. The summed E-state index contributed by atoms with van der Waals surface area (Å²) in [4.78, 5) is 43.4. The van der Waals surface area contributed by atoms with Gasteiger partial charge in [-0.1, -0.05) is 26.0 Å². The minimum absolute atomic E-state index is 0.0973. The van der Waals surface area contributed by atoms with Crippen LogP contribution in [0, 0.1) is 59.2 Å². The van der Waals surface area contributed by atoms with Gasteiger partial charge in [0.15, 0.2) is 0 Å². The maximum atomic E-state index is 12.0. The molecule has 2 aliphatic heterocycles. The summed E-state index contributed by atoms with van der Waals surface area (Å²) in [5, 5.41) is 19.3. The van der Waals surface area contributed by atoms with Crippen LogP contribution in [0.4, 0.5) is 0 Å². The number of carbonyl (C=O) groups is 4. The fourth-order valence-corrected chi connectivity index (χ4v) is 7.65. The van der Waals surface area contributed by atoms with Gasteiger partial charge in [0, 0.05) is 12.2 Å². The van der Waals surface area contributed by atoms with Crippen molar-refractivity contribution in [3.63, 3.8) is 0 Å². The highest BCUT2D eigenvalue weighted by Gasteiger charge is 2.59.